The Hall–Kier alpha value is -2.05. The lowest BCUT2D eigenvalue weighted by Crippen LogP contribution is -2.46. The molecule has 150 valence electrons. The molecule has 1 aliphatic heterocycles. The molecular formula is C21H25ClN2O3S. The van der Waals surface area contributed by atoms with E-state index in [2.05, 4.69) is 6.92 Å². The zero-order chi connectivity index (χ0) is 20.3. The standard InChI is InChI=1S/C21H25ClN2O3S/c1-16-5-9-19(10-6-16)24(15-21(25)23-13-3-4-17(2)14-23)28(26,27)20-11-7-18(22)8-12-20/h5-12,17H,3-4,13-15H2,1-2H3/t17-/m1/s1. The summed E-state index contributed by atoms with van der Waals surface area (Å²) in [7, 11) is -3.90. The molecule has 1 atom stereocenters. The average molecular weight is 421 g/mol. The lowest BCUT2D eigenvalue weighted by Gasteiger charge is -2.33. The van der Waals surface area contributed by atoms with Gasteiger partial charge in [0.05, 0.1) is 10.6 Å². The molecule has 0 radical (unpaired) electrons. The molecule has 28 heavy (non-hydrogen) atoms. The van der Waals surface area contributed by atoms with E-state index < -0.39 is 10.0 Å². The molecule has 7 heteroatoms. The molecule has 1 heterocycles. The summed E-state index contributed by atoms with van der Waals surface area (Å²) in [6.07, 6.45) is 2.04. The van der Waals surface area contributed by atoms with Crippen molar-refractivity contribution >= 4 is 33.2 Å². The molecule has 2 aromatic rings. The Bertz CT molecular complexity index is 927. The molecular weight excluding hydrogens is 396 g/mol. The highest BCUT2D eigenvalue weighted by molar-refractivity contribution is 7.92. The molecule has 0 saturated carbocycles. The minimum absolute atomic E-state index is 0.109. The van der Waals surface area contributed by atoms with Gasteiger partial charge >= 0.3 is 0 Å². The van der Waals surface area contributed by atoms with Gasteiger partial charge in [-0.3, -0.25) is 9.10 Å². The van der Waals surface area contributed by atoms with Crippen LogP contribution in [0.2, 0.25) is 5.02 Å². The van der Waals surface area contributed by atoms with Gasteiger partial charge in [-0.1, -0.05) is 36.2 Å². The third-order valence-electron chi connectivity index (χ3n) is 5.01. The van der Waals surface area contributed by atoms with Crippen molar-refractivity contribution in [3.05, 3.63) is 59.1 Å². The quantitative estimate of drug-likeness (QED) is 0.731. The lowest BCUT2D eigenvalue weighted by atomic mass is 10.0. The summed E-state index contributed by atoms with van der Waals surface area (Å²) >= 11 is 5.91. The summed E-state index contributed by atoms with van der Waals surface area (Å²) in [5.74, 6) is 0.253. The van der Waals surface area contributed by atoms with Crippen LogP contribution in [0.1, 0.15) is 25.3 Å². The molecule has 1 saturated heterocycles. The van der Waals surface area contributed by atoms with Crippen LogP contribution in [-0.4, -0.2) is 38.9 Å². The molecule has 1 aliphatic rings. The molecule has 0 bridgehead atoms. The zero-order valence-corrected chi connectivity index (χ0v) is 17.7. The fraction of sp³-hybridized carbons (Fsp3) is 0.381. The molecule has 0 unspecified atom stereocenters. The van der Waals surface area contributed by atoms with Crippen molar-refractivity contribution in [3.8, 4) is 0 Å². The van der Waals surface area contributed by atoms with Gasteiger partial charge in [-0.15, -0.1) is 0 Å². The Labute approximate surface area is 172 Å². The van der Waals surface area contributed by atoms with Crippen LogP contribution in [0, 0.1) is 12.8 Å². The van der Waals surface area contributed by atoms with Crippen LogP contribution >= 0.6 is 11.6 Å². The van der Waals surface area contributed by atoms with E-state index in [4.69, 9.17) is 11.6 Å². The minimum Gasteiger partial charge on any atom is -0.341 e. The molecule has 1 amide bonds. The normalized spacial score (nSPS) is 17.4. The first-order valence-corrected chi connectivity index (χ1v) is 11.2. The molecule has 3 rings (SSSR count). The van der Waals surface area contributed by atoms with Crippen molar-refractivity contribution in [1.82, 2.24) is 4.90 Å². The summed E-state index contributed by atoms with van der Waals surface area (Å²) in [5.41, 5.74) is 1.49. The van der Waals surface area contributed by atoms with Crippen molar-refractivity contribution in [2.75, 3.05) is 23.9 Å². The van der Waals surface area contributed by atoms with Gasteiger partial charge in [-0.05, 0) is 62.1 Å². The number of hydrogen-bond acceptors (Lipinski definition) is 3. The van der Waals surface area contributed by atoms with Crippen LogP contribution in [0.5, 0.6) is 0 Å². The SMILES string of the molecule is Cc1ccc(N(CC(=O)N2CCC[C@@H](C)C2)S(=O)(=O)c2ccc(Cl)cc2)cc1. The molecule has 0 spiro atoms. The molecule has 0 aromatic heterocycles. The van der Waals surface area contributed by atoms with Crippen molar-refractivity contribution in [3.63, 3.8) is 0 Å². The van der Waals surface area contributed by atoms with E-state index >= 15 is 0 Å². The van der Waals surface area contributed by atoms with E-state index in [0.29, 0.717) is 29.7 Å². The maximum atomic E-state index is 13.3. The highest BCUT2D eigenvalue weighted by Crippen LogP contribution is 2.26. The number of aryl methyl sites for hydroxylation is 1. The van der Waals surface area contributed by atoms with Crippen LogP contribution in [0.25, 0.3) is 0 Å². The average Bonchev–Trinajstić information content (AvgIpc) is 2.67. The van der Waals surface area contributed by atoms with Crippen LogP contribution < -0.4 is 4.31 Å². The summed E-state index contributed by atoms with van der Waals surface area (Å²) in [6, 6.07) is 13.1. The van der Waals surface area contributed by atoms with E-state index in [1.165, 1.54) is 28.6 Å². The topological polar surface area (TPSA) is 57.7 Å². The zero-order valence-electron chi connectivity index (χ0n) is 16.1. The number of halogens is 1. The highest BCUT2D eigenvalue weighted by Gasteiger charge is 2.30. The first kappa shape index (κ1) is 20.7. The number of piperidine rings is 1. The summed E-state index contributed by atoms with van der Waals surface area (Å²) in [4.78, 5) is 14.8. The summed E-state index contributed by atoms with van der Waals surface area (Å²) in [6.45, 7) is 5.16. The van der Waals surface area contributed by atoms with Gasteiger partial charge in [0.1, 0.15) is 6.54 Å². The Kier molecular flexibility index (Phi) is 6.30. The number of carbonyl (C=O) groups excluding carboxylic acids is 1. The second-order valence-electron chi connectivity index (χ2n) is 7.39. The van der Waals surface area contributed by atoms with Gasteiger partial charge in [-0.2, -0.15) is 0 Å². The Balaban J connectivity index is 1.94. The smallest absolute Gasteiger partial charge is 0.264 e. The van der Waals surface area contributed by atoms with Crippen molar-refractivity contribution in [2.45, 2.75) is 31.6 Å². The Morgan fingerprint density at radius 2 is 1.79 bits per heavy atom. The van der Waals surface area contributed by atoms with Crippen LogP contribution in [0.3, 0.4) is 0 Å². The second-order valence-corrected chi connectivity index (χ2v) is 9.69. The number of nitrogens with zero attached hydrogens (tertiary/aromatic N) is 2. The maximum Gasteiger partial charge on any atom is 0.264 e. The highest BCUT2D eigenvalue weighted by atomic mass is 35.5. The number of amides is 1. The number of carbonyl (C=O) groups is 1. The van der Waals surface area contributed by atoms with Crippen molar-refractivity contribution in [1.29, 1.82) is 0 Å². The van der Waals surface area contributed by atoms with Crippen LogP contribution in [0.15, 0.2) is 53.4 Å². The Morgan fingerprint density at radius 3 is 2.39 bits per heavy atom. The van der Waals surface area contributed by atoms with E-state index in [-0.39, 0.29) is 17.3 Å². The third kappa shape index (κ3) is 4.67. The number of benzene rings is 2. The number of sulfonamides is 1. The monoisotopic (exact) mass is 420 g/mol. The van der Waals surface area contributed by atoms with Gasteiger partial charge in [0.15, 0.2) is 0 Å². The van der Waals surface area contributed by atoms with E-state index in [1.54, 1.807) is 17.0 Å². The van der Waals surface area contributed by atoms with Crippen LogP contribution in [-0.2, 0) is 14.8 Å². The number of rotatable bonds is 5. The lowest BCUT2D eigenvalue weighted by molar-refractivity contribution is -0.131. The maximum absolute atomic E-state index is 13.3. The summed E-state index contributed by atoms with van der Waals surface area (Å²) < 4.78 is 27.8. The van der Waals surface area contributed by atoms with Crippen molar-refractivity contribution in [2.24, 2.45) is 5.92 Å². The van der Waals surface area contributed by atoms with Gasteiger partial charge in [0, 0.05) is 18.1 Å². The third-order valence-corrected chi connectivity index (χ3v) is 7.05. The predicted molar refractivity (Wildman–Crippen MR) is 112 cm³/mol. The largest absolute Gasteiger partial charge is 0.341 e. The number of anilines is 1. The second kappa shape index (κ2) is 8.53. The fourth-order valence-corrected chi connectivity index (χ4v) is 4.94. The minimum atomic E-state index is -3.90. The molecule has 2 aromatic carbocycles. The first-order valence-electron chi connectivity index (χ1n) is 9.40. The van der Waals surface area contributed by atoms with Crippen LogP contribution in [0.4, 0.5) is 5.69 Å². The van der Waals surface area contributed by atoms with Gasteiger partial charge in [-0.25, -0.2) is 8.42 Å². The number of hydrogen-bond donors (Lipinski definition) is 0. The number of likely N-dealkylation sites (tertiary alicyclic amines) is 1. The first-order chi connectivity index (χ1) is 13.3. The van der Waals surface area contributed by atoms with E-state index in [1.807, 2.05) is 19.1 Å². The Morgan fingerprint density at radius 1 is 1.14 bits per heavy atom. The molecule has 5 nitrogen and oxygen atoms in total. The van der Waals surface area contributed by atoms with Gasteiger partial charge in [0.2, 0.25) is 5.91 Å². The fourth-order valence-electron chi connectivity index (χ4n) is 3.40. The molecule has 0 aliphatic carbocycles. The van der Waals surface area contributed by atoms with Gasteiger partial charge in [0.25, 0.3) is 10.0 Å². The summed E-state index contributed by atoms with van der Waals surface area (Å²) in [5, 5.41) is 0.458. The van der Waals surface area contributed by atoms with E-state index in [0.717, 1.165) is 18.4 Å². The molecule has 1 fully saturated rings. The van der Waals surface area contributed by atoms with Gasteiger partial charge < -0.3 is 4.90 Å². The molecule has 0 N–H and O–H groups in total. The van der Waals surface area contributed by atoms with E-state index in [9.17, 15) is 13.2 Å². The van der Waals surface area contributed by atoms with Crippen molar-refractivity contribution < 1.29 is 13.2 Å². The predicted octanol–water partition coefficient (Wildman–Crippen LogP) is 4.10.